The maximum atomic E-state index is 6.09. The van der Waals surface area contributed by atoms with Gasteiger partial charge in [0.15, 0.2) is 0 Å². The third-order valence-electron chi connectivity index (χ3n) is 3.42. The van der Waals surface area contributed by atoms with E-state index in [1.807, 2.05) is 25.1 Å². The monoisotopic (exact) mass is 271 g/mol. The molecule has 2 aromatic rings. The number of fused-ring (bicyclic) bond motifs is 1. The van der Waals surface area contributed by atoms with Gasteiger partial charge in [-0.15, -0.1) is 11.8 Å². The second-order valence-electron chi connectivity index (χ2n) is 4.85. The van der Waals surface area contributed by atoms with Gasteiger partial charge in [-0.1, -0.05) is 30.3 Å². The van der Waals surface area contributed by atoms with E-state index in [1.165, 1.54) is 5.56 Å². The number of ether oxygens (including phenoxy) is 1. The van der Waals surface area contributed by atoms with Crippen LogP contribution in [0, 0.1) is 6.92 Å². The summed E-state index contributed by atoms with van der Waals surface area (Å²) in [5.74, 6) is 1.97. The van der Waals surface area contributed by atoms with Crippen molar-refractivity contribution in [3.63, 3.8) is 0 Å². The van der Waals surface area contributed by atoms with E-state index in [0.717, 1.165) is 34.1 Å². The van der Waals surface area contributed by atoms with Crippen LogP contribution in [-0.4, -0.2) is 11.9 Å². The summed E-state index contributed by atoms with van der Waals surface area (Å²) in [4.78, 5) is 1.15. The van der Waals surface area contributed by atoms with Gasteiger partial charge in [-0.2, -0.15) is 0 Å². The SMILES string of the molecule is Cc1cccc(SCC2Cc3ccccc3O2)c1N. The van der Waals surface area contributed by atoms with Crippen molar-refractivity contribution in [3.8, 4) is 5.75 Å². The van der Waals surface area contributed by atoms with E-state index in [2.05, 4.69) is 24.3 Å². The predicted molar refractivity (Wildman–Crippen MR) is 80.9 cm³/mol. The minimum absolute atomic E-state index is 0.252. The molecule has 0 saturated heterocycles. The van der Waals surface area contributed by atoms with Crippen LogP contribution in [-0.2, 0) is 6.42 Å². The van der Waals surface area contributed by atoms with Gasteiger partial charge in [-0.25, -0.2) is 0 Å². The predicted octanol–water partition coefficient (Wildman–Crippen LogP) is 3.67. The fraction of sp³-hybridized carbons (Fsp3) is 0.250. The van der Waals surface area contributed by atoms with Gasteiger partial charge in [-0.3, -0.25) is 0 Å². The fourth-order valence-electron chi connectivity index (χ4n) is 2.31. The van der Waals surface area contributed by atoms with Crippen molar-refractivity contribution in [1.29, 1.82) is 0 Å². The minimum atomic E-state index is 0.252. The number of nitrogen functional groups attached to an aromatic ring is 1. The topological polar surface area (TPSA) is 35.2 Å². The van der Waals surface area contributed by atoms with Crippen LogP contribution in [0.25, 0.3) is 0 Å². The highest BCUT2D eigenvalue weighted by molar-refractivity contribution is 7.99. The van der Waals surface area contributed by atoms with Crippen molar-refractivity contribution >= 4 is 17.4 Å². The summed E-state index contributed by atoms with van der Waals surface area (Å²) >= 11 is 1.78. The molecule has 2 nitrogen and oxygen atoms in total. The first-order chi connectivity index (χ1) is 9.24. The van der Waals surface area contributed by atoms with Crippen LogP contribution in [0.5, 0.6) is 5.75 Å². The molecule has 2 aromatic carbocycles. The quantitative estimate of drug-likeness (QED) is 0.683. The number of para-hydroxylation sites is 2. The van der Waals surface area contributed by atoms with Gasteiger partial charge in [0, 0.05) is 22.8 Å². The second kappa shape index (κ2) is 5.17. The average Bonchev–Trinajstić information content (AvgIpc) is 2.83. The van der Waals surface area contributed by atoms with Crippen molar-refractivity contribution in [3.05, 3.63) is 53.6 Å². The lowest BCUT2D eigenvalue weighted by atomic mass is 10.1. The number of nitrogens with two attached hydrogens (primary N) is 1. The molecule has 0 bridgehead atoms. The molecular weight excluding hydrogens is 254 g/mol. The molecular formula is C16H17NOS. The number of benzene rings is 2. The van der Waals surface area contributed by atoms with Crippen LogP contribution in [0.3, 0.4) is 0 Å². The third kappa shape index (κ3) is 2.56. The van der Waals surface area contributed by atoms with Crippen LogP contribution in [0.4, 0.5) is 5.69 Å². The van der Waals surface area contributed by atoms with Gasteiger partial charge < -0.3 is 10.5 Å². The summed E-state index contributed by atoms with van der Waals surface area (Å²) in [5.41, 5.74) is 9.43. The molecule has 0 spiro atoms. The van der Waals surface area contributed by atoms with Gasteiger partial charge in [0.05, 0.1) is 0 Å². The van der Waals surface area contributed by atoms with Crippen molar-refractivity contribution < 1.29 is 4.74 Å². The first kappa shape index (κ1) is 12.4. The molecule has 0 fully saturated rings. The van der Waals surface area contributed by atoms with Crippen molar-refractivity contribution in [1.82, 2.24) is 0 Å². The Labute approximate surface area is 118 Å². The second-order valence-corrected chi connectivity index (χ2v) is 5.91. The van der Waals surface area contributed by atoms with Crippen LogP contribution in [0.15, 0.2) is 47.4 Å². The Morgan fingerprint density at radius 2 is 2.05 bits per heavy atom. The van der Waals surface area contributed by atoms with E-state index in [-0.39, 0.29) is 6.10 Å². The van der Waals surface area contributed by atoms with Gasteiger partial charge in [0.25, 0.3) is 0 Å². The maximum Gasteiger partial charge on any atom is 0.123 e. The molecule has 1 aliphatic heterocycles. The van der Waals surface area contributed by atoms with E-state index in [0.29, 0.717) is 0 Å². The molecule has 0 radical (unpaired) electrons. The van der Waals surface area contributed by atoms with Gasteiger partial charge in [0.2, 0.25) is 0 Å². The zero-order valence-corrected chi connectivity index (χ0v) is 11.7. The highest BCUT2D eigenvalue weighted by atomic mass is 32.2. The lowest BCUT2D eigenvalue weighted by molar-refractivity contribution is 0.259. The molecule has 3 heteroatoms. The van der Waals surface area contributed by atoms with E-state index in [1.54, 1.807) is 11.8 Å². The van der Waals surface area contributed by atoms with Crippen LogP contribution in [0.2, 0.25) is 0 Å². The van der Waals surface area contributed by atoms with Gasteiger partial charge in [0.1, 0.15) is 11.9 Å². The molecule has 1 heterocycles. The van der Waals surface area contributed by atoms with Crippen molar-refractivity contribution in [2.45, 2.75) is 24.3 Å². The molecule has 2 N–H and O–H groups in total. The Hall–Kier alpha value is -1.61. The summed E-state index contributed by atoms with van der Waals surface area (Å²) in [6, 6.07) is 14.4. The third-order valence-corrected chi connectivity index (χ3v) is 4.63. The summed E-state index contributed by atoms with van der Waals surface area (Å²) in [5, 5.41) is 0. The van der Waals surface area contributed by atoms with Gasteiger partial charge >= 0.3 is 0 Å². The van der Waals surface area contributed by atoms with Crippen LogP contribution in [0.1, 0.15) is 11.1 Å². The van der Waals surface area contributed by atoms with Crippen molar-refractivity contribution in [2.75, 3.05) is 11.5 Å². The number of anilines is 1. The molecule has 3 rings (SSSR count). The summed E-state index contributed by atoms with van der Waals surface area (Å²) in [6.45, 7) is 2.04. The molecule has 1 atom stereocenters. The smallest absolute Gasteiger partial charge is 0.123 e. The number of aryl methyl sites for hydroxylation is 1. The Balaban J connectivity index is 1.64. The molecule has 1 unspecified atom stereocenters. The minimum Gasteiger partial charge on any atom is -0.489 e. The Kier molecular flexibility index (Phi) is 3.38. The van der Waals surface area contributed by atoms with E-state index >= 15 is 0 Å². The number of hydrogen-bond acceptors (Lipinski definition) is 3. The van der Waals surface area contributed by atoms with Crippen LogP contribution < -0.4 is 10.5 Å². The summed E-state index contributed by atoms with van der Waals surface area (Å²) in [7, 11) is 0. The highest BCUT2D eigenvalue weighted by Crippen LogP contribution is 2.33. The molecule has 0 saturated carbocycles. The first-order valence-corrected chi connectivity index (χ1v) is 7.45. The lowest BCUT2D eigenvalue weighted by Gasteiger charge is -2.12. The molecule has 0 amide bonds. The van der Waals surface area contributed by atoms with E-state index in [4.69, 9.17) is 10.5 Å². The molecule has 0 aromatic heterocycles. The van der Waals surface area contributed by atoms with E-state index in [9.17, 15) is 0 Å². The summed E-state index contributed by atoms with van der Waals surface area (Å²) < 4.78 is 5.94. The number of thioether (sulfide) groups is 1. The summed E-state index contributed by atoms with van der Waals surface area (Å²) in [6.07, 6.45) is 1.25. The molecule has 0 aliphatic carbocycles. The largest absolute Gasteiger partial charge is 0.489 e. The molecule has 98 valence electrons. The molecule has 1 aliphatic rings. The van der Waals surface area contributed by atoms with Gasteiger partial charge in [-0.05, 0) is 30.2 Å². The zero-order valence-electron chi connectivity index (χ0n) is 10.9. The maximum absolute atomic E-state index is 6.09. The van der Waals surface area contributed by atoms with Crippen molar-refractivity contribution in [2.24, 2.45) is 0 Å². The standard InChI is InChI=1S/C16H17NOS/c1-11-5-4-8-15(16(11)17)19-10-13-9-12-6-2-3-7-14(12)18-13/h2-8,13H,9-10,17H2,1H3. The van der Waals surface area contributed by atoms with E-state index < -0.39 is 0 Å². The molecule has 19 heavy (non-hydrogen) atoms. The number of hydrogen-bond donors (Lipinski definition) is 1. The van der Waals surface area contributed by atoms with Crippen LogP contribution >= 0.6 is 11.8 Å². The fourth-order valence-corrected chi connectivity index (χ4v) is 3.35. The Morgan fingerprint density at radius 1 is 1.21 bits per heavy atom. The lowest BCUT2D eigenvalue weighted by Crippen LogP contribution is -2.15. The first-order valence-electron chi connectivity index (χ1n) is 6.46. The zero-order chi connectivity index (χ0) is 13.2. The highest BCUT2D eigenvalue weighted by Gasteiger charge is 2.22. The average molecular weight is 271 g/mol. The number of rotatable bonds is 3. The Morgan fingerprint density at radius 3 is 2.89 bits per heavy atom. The normalized spacial score (nSPS) is 17.0. The Bertz CT molecular complexity index is 572.